The Labute approximate surface area is 156 Å². The van der Waals surface area contributed by atoms with Gasteiger partial charge in [0.1, 0.15) is 0 Å². The molecule has 1 aliphatic carbocycles. The van der Waals surface area contributed by atoms with E-state index in [0.29, 0.717) is 29.6 Å². The average molecular weight is 377 g/mol. The van der Waals surface area contributed by atoms with Crippen molar-refractivity contribution in [3.63, 3.8) is 0 Å². The second kappa shape index (κ2) is 7.89. The molecule has 2 atom stereocenters. The first-order chi connectivity index (χ1) is 12.0. The van der Waals surface area contributed by atoms with Crippen LogP contribution in [0.4, 0.5) is 0 Å². The molecule has 6 heteroatoms. The van der Waals surface area contributed by atoms with Crippen molar-refractivity contribution in [3.05, 3.63) is 69.7 Å². The Bertz CT molecular complexity index is 777. The first kappa shape index (κ1) is 17.8. The predicted octanol–water partition coefficient (Wildman–Crippen LogP) is 3.56. The van der Waals surface area contributed by atoms with Crippen molar-refractivity contribution in [1.29, 1.82) is 0 Å². The highest BCUT2D eigenvalue weighted by molar-refractivity contribution is 6.31. The van der Waals surface area contributed by atoms with Crippen LogP contribution >= 0.6 is 23.2 Å². The Hall–Kier alpha value is -2.04. The van der Waals surface area contributed by atoms with Crippen LogP contribution in [-0.4, -0.2) is 11.8 Å². The number of rotatable bonds is 6. The number of hydrogen-bond donors (Lipinski definition) is 2. The molecule has 2 unspecified atom stereocenters. The van der Waals surface area contributed by atoms with E-state index in [2.05, 4.69) is 10.6 Å². The molecule has 2 amide bonds. The second-order valence-corrected chi connectivity index (χ2v) is 6.95. The van der Waals surface area contributed by atoms with Crippen molar-refractivity contribution >= 4 is 35.0 Å². The highest BCUT2D eigenvalue weighted by Crippen LogP contribution is 2.38. The molecule has 2 N–H and O–H groups in total. The second-order valence-electron chi connectivity index (χ2n) is 6.10. The monoisotopic (exact) mass is 376 g/mol. The molecule has 2 aromatic carbocycles. The van der Waals surface area contributed by atoms with Gasteiger partial charge in [-0.3, -0.25) is 9.59 Å². The van der Waals surface area contributed by atoms with E-state index in [4.69, 9.17) is 23.2 Å². The zero-order chi connectivity index (χ0) is 17.8. The fourth-order valence-corrected chi connectivity index (χ4v) is 2.98. The van der Waals surface area contributed by atoms with Crippen LogP contribution in [0.2, 0.25) is 10.0 Å². The lowest BCUT2D eigenvalue weighted by Gasteiger charge is -2.07. The zero-order valence-electron chi connectivity index (χ0n) is 13.5. The van der Waals surface area contributed by atoms with E-state index >= 15 is 0 Å². The lowest BCUT2D eigenvalue weighted by molar-refractivity contribution is -0.127. The van der Waals surface area contributed by atoms with Gasteiger partial charge in [-0.2, -0.15) is 0 Å². The molecule has 130 valence electrons. The molecular weight excluding hydrogens is 359 g/mol. The summed E-state index contributed by atoms with van der Waals surface area (Å²) in [4.78, 5) is 24.3. The minimum Gasteiger partial charge on any atom is -0.352 e. The topological polar surface area (TPSA) is 58.2 Å². The van der Waals surface area contributed by atoms with Gasteiger partial charge >= 0.3 is 0 Å². The number of nitrogens with one attached hydrogen (secondary N) is 2. The number of halogens is 2. The van der Waals surface area contributed by atoms with E-state index in [1.54, 1.807) is 18.2 Å². The molecule has 3 rings (SSSR count). The highest BCUT2D eigenvalue weighted by Gasteiger charge is 2.47. The number of hydrogen-bond acceptors (Lipinski definition) is 2. The molecule has 0 saturated heterocycles. The summed E-state index contributed by atoms with van der Waals surface area (Å²) < 4.78 is 0. The van der Waals surface area contributed by atoms with Crippen molar-refractivity contribution in [3.8, 4) is 0 Å². The molecule has 0 heterocycles. The largest absolute Gasteiger partial charge is 0.352 e. The van der Waals surface area contributed by atoms with Crippen LogP contribution in [0.3, 0.4) is 0 Å². The molecule has 25 heavy (non-hydrogen) atoms. The van der Waals surface area contributed by atoms with E-state index < -0.39 is 0 Å². The van der Waals surface area contributed by atoms with Crippen LogP contribution in [0.25, 0.3) is 0 Å². The smallest absolute Gasteiger partial charge is 0.224 e. The van der Waals surface area contributed by atoms with Crippen molar-refractivity contribution in [2.45, 2.75) is 19.5 Å². The zero-order valence-corrected chi connectivity index (χ0v) is 15.0. The Morgan fingerprint density at radius 3 is 2.12 bits per heavy atom. The van der Waals surface area contributed by atoms with Crippen LogP contribution in [-0.2, 0) is 22.7 Å². The molecule has 1 aliphatic rings. The summed E-state index contributed by atoms with van der Waals surface area (Å²) in [6.45, 7) is 0.800. The quantitative estimate of drug-likeness (QED) is 0.809. The fraction of sp³-hybridized carbons (Fsp3) is 0.263. The van der Waals surface area contributed by atoms with Crippen molar-refractivity contribution in [2.24, 2.45) is 11.8 Å². The molecular formula is C19H18Cl2N2O2. The molecule has 1 saturated carbocycles. The minimum atomic E-state index is -0.257. The van der Waals surface area contributed by atoms with Crippen LogP contribution in [0.5, 0.6) is 0 Å². The Morgan fingerprint density at radius 2 is 1.48 bits per heavy atom. The summed E-state index contributed by atoms with van der Waals surface area (Å²) in [7, 11) is 0. The third-order valence-electron chi connectivity index (χ3n) is 4.25. The van der Waals surface area contributed by atoms with E-state index in [1.807, 2.05) is 30.3 Å². The lowest BCUT2D eigenvalue weighted by atomic mass is 10.2. The van der Waals surface area contributed by atoms with Crippen LogP contribution in [0.1, 0.15) is 17.5 Å². The summed E-state index contributed by atoms with van der Waals surface area (Å²) in [5.74, 6) is -0.703. The van der Waals surface area contributed by atoms with E-state index in [0.717, 1.165) is 11.1 Å². The van der Waals surface area contributed by atoms with E-state index in [-0.39, 0.29) is 23.7 Å². The number of carbonyl (C=O) groups excluding carboxylic acids is 2. The number of benzene rings is 2. The van der Waals surface area contributed by atoms with Crippen LogP contribution < -0.4 is 10.6 Å². The SMILES string of the molecule is O=C(NCc1ccc(Cl)cc1)C1CC1C(=O)NCc1ccccc1Cl. The maximum Gasteiger partial charge on any atom is 0.224 e. The fourth-order valence-electron chi connectivity index (χ4n) is 2.65. The van der Waals surface area contributed by atoms with Gasteiger partial charge in [0, 0.05) is 23.1 Å². The minimum absolute atomic E-state index is 0.0900. The van der Waals surface area contributed by atoms with Crippen molar-refractivity contribution in [1.82, 2.24) is 10.6 Å². The summed E-state index contributed by atoms with van der Waals surface area (Å²) in [5.41, 5.74) is 1.83. The van der Waals surface area contributed by atoms with Crippen LogP contribution in [0, 0.1) is 11.8 Å². The predicted molar refractivity (Wildman–Crippen MR) is 98.2 cm³/mol. The number of carbonyl (C=O) groups is 2. The summed E-state index contributed by atoms with van der Waals surface area (Å²) in [6, 6.07) is 14.7. The molecule has 0 aromatic heterocycles. The molecule has 2 aromatic rings. The molecule has 0 spiro atoms. The van der Waals surface area contributed by atoms with Gasteiger partial charge in [0.2, 0.25) is 11.8 Å². The van der Waals surface area contributed by atoms with Crippen molar-refractivity contribution in [2.75, 3.05) is 0 Å². The molecule has 0 aliphatic heterocycles. The van der Waals surface area contributed by atoms with Gasteiger partial charge in [-0.05, 0) is 35.7 Å². The standard InChI is InChI=1S/C19H18Cl2N2O2/c20-14-7-5-12(6-8-14)10-22-18(24)15-9-16(15)19(25)23-11-13-3-1-2-4-17(13)21/h1-8,15-16H,9-11H2,(H,22,24)(H,23,25). The van der Waals surface area contributed by atoms with Gasteiger partial charge in [-0.1, -0.05) is 53.5 Å². The Morgan fingerprint density at radius 1 is 0.880 bits per heavy atom. The summed E-state index contributed by atoms with van der Waals surface area (Å²) in [6.07, 6.45) is 0.584. The van der Waals surface area contributed by atoms with Gasteiger partial charge in [0.25, 0.3) is 0 Å². The lowest BCUT2D eigenvalue weighted by Crippen LogP contribution is -2.29. The summed E-state index contributed by atoms with van der Waals surface area (Å²) >= 11 is 11.9. The molecule has 4 nitrogen and oxygen atoms in total. The van der Waals surface area contributed by atoms with E-state index in [1.165, 1.54) is 0 Å². The van der Waals surface area contributed by atoms with Gasteiger partial charge < -0.3 is 10.6 Å². The maximum atomic E-state index is 12.2. The molecule has 1 fully saturated rings. The normalized spacial score (nSPS) is 18.5. The van der Waals surface area contributed by atoms with Crippen molar-refractivity contribution < 1.29 is 9.59 Å². The van der Waals surface area contributed by atoms with Gasteiger partial charge in [0.05, 0.1) is 11.8 Å². The maximum absolute atomic E-state index is 12.2. The number of amides is 2. The first-order valence-electron chi connectivity index (χ1n) is 8.08. The molecule has 0 bridgehead atoms. The first-order valence-corrected chi connectivity index (χ1v) is 8.83. The third-order valence-corrected chi connectivity index (χ3v) is 4.88. The Kier molecular flexibility index (Phi) is 5.61. The highest BCUT2D eigenvalue weighted by atomic mass is 35.5. The molecule has 0 radical (unpaired) electrons. The summed E-state index contributed by atoms with van der Waals surface area (Å²) in [5, 5.41) is 6.99. The van der Waals surface area contributed by atoms with Gasteiger partial charge in [-0.15, -0.1) is 0 Å². The van der Waals surface area contributed by atoms with Gasteiger partial charge in [0.15, 0.2) is 0 Å². The van der Waals surface area contributed by atoms with Crippen LogP contribution in [0.15, 0.2) is 48.5 Å². The average Bonchev–Trinajstić information content (AvgIpc) is 3.41. The van der Waals surface area contributed by atoms with Gasteiger partial charge in [-0.25, -0.2) is 0 Å². The third kappa shape index (κ3) is 4.74. The Balaban J connectivity index is 1.43. The van der Waals surface area contributed by atoms with E-state index in [9.17, 15) is 9.59 Å².